The molecule has 118 valence electrons. The Morgan fingerprint density at radius 1 is 1.30 bits per heavy atom. The SMILES string of the molecule is CN(Cc1nc2ccsc2c(=O)[nH]1)C(=O)NCc1ccccc1. The van der Waals surface area contributed by atoms with E-state index in [4.69, 9.17) is 0 Å². The Morgan fingerprint density at radius 2 is 2.09 bits per heavy atom. The second kappa shape index (κ2) is 6.62. The van der Waals surface area contributed by atoms with Gasteiger partial charge in [-0.25, -0.2) is 9.78 Å². The molecule has 23 heavy (non-hydrogen) atoms. The average molecular weight is 328 g/mol. The van der Waals surface area contributed by atoms with Crippen LogP contribution in [0.2, 0.25) is 0 Å². The van der Waals surface area contributed by atoms with E-state index in [9.17, 15) is 9.59 Å². The lowest BCUT2D eigenvalue weighted by Gasteiger charge is -2.17. The summed E-state index contributed by atoms with van der Waals surface area (Å²) >= 11 is 1.35. The number of fused-ring (bicyclic) bond motifs is 1. The largest absolute Gasteiger partial charge is 0.334 e. The Hall–Kier alpha value is -2.67. The minimum atomic E-state index is -0.220. The molecule has 0 fully saturated rings. The summed E-state index contributed by atoms with van der Waals surface area (Å²) in [6.45, 7) is 0.694. The molecule has 1 aromatic carbocycles. The van der Waals surface area contributed by atoms with Crippen LogP contribution in [0.5, 0.6) is 0 Å². The fourth-order valence-corrected chi connectivity index (χ4v) is 2.93. The predicted molar refractivity (Wildman–Crippen MR) is 90.4 cm³/mol. The van der Waals surface area contributed by atoms with Crippen molar-refractivity contribution in [2.24, 2.45) is 0 Å². The van der Waals surface area contributed by atoms with E-state index in [1.165, 1.54) is 16.2 Å². The van der Waals surface area contributed by atoms with Crippen LogP contribution < -0.4 is 10.9 Å². The van der Waals surface area contributed by atoms with Gasteiger partial charge in [0, 0.05) is 13.6 Å². The van der Waals surface area contributed by atoms with Crippen molar-refractivity contribution in [3.63, 3.8) is 0 Å². The summed E-state index contributed by atoms with van der Waals surface area (Å²) in [6, 6.07) is 11.3. The van der Waals surface area contributed by atoms with Crippen molar-refractivity contribution in [3.8, 4) is 0 Å². The fourth-order valence-electron chi connectivity index (χ4n) is 2.20. The fraction of sp³-hybridized carbons (Fsp3) is 0.188. The van der Waals surface area contributed by atoms with E-state index in [-0.39, 0.29) is 18.1 Å². The number of H-pyrrole nitrogens is 1. The third-order valence-corrected chi connectivity index (χ3v) is 4.29. The zero-order valence-corrected chi connectivity index (χ0v) is 13.4. The molecule has 0 spiro atoms. The van der Waals surface area contributed by atoms with Crippen LogP contribution in [-0.4, -0.2) is 27.9 Å². The summed E-state index contributed by atoms with van der Waals surface area (Å²) in [7, 11) is 1.66. The van der Waals surface area contributed by atoms with Crippen LogP contribution in [0.1, 0.15) is 11.4 Å². The molecule has 0 aliphatic heterocycles. The molecule has 0 radical (unpaired) electrons. The van der Waals surface area contributed by atoms with Gasteiger partial charge >= 0.3 is 6.03 Å². The van der Waals surface area contributed by atoms with E-state index in [2.05, 4.69) is 15.3 Å². The normalized spacial score (nSPS) is 10.7. The molecule has 0 unspecified atom stereocenters. The first-order chi connectivity index (χ1) is 11.1. The first-order valence-corrected chi connectivity index (χ1v) is 8.01. The number of nitrogens with zero attached hydrogens (tertiary/aromatic N) is 2. The lowest BCUT2D eigenvalue weighted by atomic mass is 10.2. The monoisotopic (exact) mass is 328 g/mol. The van der Waals surface area contributed by atoms with Crippen LogP contribution in [0.15, 0.2) is 46.6 Å². The topological polar surface area (TPSA) is 78.1 Å². The summed E-state index contributed by atoms with van der Waals surface area (Å²) in [6.07, 6.45) is 0. The number of hydrogen-bond acceptors (Lipinski definition) is 4. The van der Waals surface area contributed by atoms with Gasteiger partial charge in [0.15, 0.2) is 0 Å². The van der Waals surface area contributed by atoms with Gasteiger partial charge in [-0.1, -0.05) is 30.3 Å². The number of amides is 2. The van der Waals surface area contributed by atoms with Crippen molar-refractivity contribution in [1.29, 1.82) is 0 Å². The molecule has 0 aliphatic rings. The number of urea groups is 1. The van der Waals surface area contributed by atoms with E-state index in [0.717, 1.165) is 5.56 Å². The molecule has 2 N–H and O–H groups in total. The predicted octanol–water partition coefficient (Wildman–Crippen LogP) is 2.33. The average Bonchev–Trinajstić information content (AvgIpc) is 3.02. The van der Waals surface area contributed by atoms with Crippen molar-refractivity contribution in [1.82, 2.24) is 20.2 Å². The van der Waals surface area contributed by atoms with Crippen LogP contribution in [0.4, 0.5) is 4.79 Å². The third-order valence-electron chi connectivity index (χ3n) is 3.38. The van der Waals surface area contributed by atoms with E-state index in [1.807, 2.05) is 35.7 Å². The standard InChI is InChI=1S/C16H16N4O2S/c1-20(16(22)17-9-11-5-3-2-4-6-11)10-13-18-12-7-8-23-14(12)15(21)19-13/h2-8H,9-10H2,1H3,(H,17,22)(H,18,19,21). The van der Waals surface area contributed by atoms with Crippen LogP contribution in [-0.2, 0) is 13.1 Å². The van der Waals surface area contributed by atoms with Gasteiger partial charge in [-0.3, -0.25) is 4.79 Å². The van der Waals surface area contributed by atoms with Crippen LogP contribution >= 0.6 is 11.3 Å². The highest BCUT2D eigenvalue weighted by Crippen LogP contribution is 2.14. The number of nitrogens with one attached hydrogen (secondary N) is 2. The van der Waals surface area contributed by atoms with E-state index in [0.29, 0.717) is 22.6 Å². The number of benzene rings is 1. The van der Waals surface area contributed by atoms with Gasteiger partial charge in [-0.2, -0.15) is 0 Å². The molecule has 3 rings (SSSR count). The van der Waals surface area contributed by atoms with E-state index >= 15 is 0 Å². The third kappa shape index (κ3) is 3.57. The summed E-state index contributed by atoms with van der Waals surface area (Å²) in [5, 5.41) is 4.66. The highest BCUT2D eigenvalue weighted by molar-refractivity contribution is 7.17. The zero-order valence-electron chi connectivity index (χ0n) is 12.6. The Kier molecular flexibility index (Phi) is 4.38. The van der Waals surface area contributed by atoms with Crippen LogP contribution in [0.25, 0.3) is 10.2 Å². The first kappa shape index (κ1) is 15.2. The van der Waals surface area contributed by atoms with Crippen molar-refractivity contribution in [2.75, 3.05) is 7.05 Å². The summed E-state index contributed by atoms with van der Waals surface area (Å²) in [5.74, 6) is 0.471. The molecule has 2 amide bonds. The minimum Gasteiger partial charge on any atom is -0.334 e. The number of rotatable bonds is 4. The van der Waals surface area contributed by atoms with E-state index < -0.39 is 0 Å². The van der Waals surface area contributed by atoms with Gasteiger partial charge in [0.05, 0.1) is 12.1 Å². The van der Waals surface area contributed by atoms with Gasteiger partial charge < -0.3 is 15.2 Å². The molecular formula is C16H16N4O2S. The zero-order chi connectivity index (χ0) is 16.2. The number of carbonyl (C=O) groups is 1. The Balaban J connectivity index is 1.64. The number of aromatic nitrogens is 2. The Bertz CT molecular complexity index is 872. The molecular weight excluding hydrogens is 312 g/mol. The lowest BCUT2D eigenvalue weighted by molar-refractivity contribution is 0.205. The van der Waals surface area contributed by atoms with Gasteiger partial charge in [0.2, 0.25) is 0 Å². The molecule has 0 saturated heterocycles. The summed E-state index contributed by atoms with van der Waals surface area (Å²) < 4.78 is 0.602. The summed E-state index contributed by atoms with van der Waals surface area (Å²) in [4.78, 5) is 32.6. The molecule has 0 saturated carbocycles. The maximum atomic E-state index is 12.1. The molecule has 6 nitrogen and oxygen atoms in total. The highest BCUT2D eigenvalue weighted by atomic mass is 32.1. The molecule has 2 aromatic heterocycles. The quantitative estimate of drug-likeness (QED) is 0.771. The summed E-state index contributed by atoms with van der Waals surface area (Å²) in [5.41, 5.74) is 1.52. The van der Waals surface area contributed by atoms with Gasteiger partial charge in [0.25, 0.3) is 5.56 Å². The number of hydrogen-bond donors (Lipinski definition) is 2. The number of aromatic amines is 1. The van der Waals surface area contributed by atoms with Gasteiger partial charge in [-0.05, 0) is 17.0 Å². The molecule has 7 heteroatoms. The van der Waals surface area contributed by atoms with Crippen molar-refractivity contribution < 1.29 is 4.79 Å². The van der Waals surface area contributed by atoms with Gasteiger partial charge in [0.1, 0.15) is 10.5 Å². The second-order valence-electron chi connectivity index (χ2n) is 5.15. The van der Waals surface area contributed by atoms with Crippen molar-refractivity contribution in [3.05, 3.63) is 63.5 Å². The maximum absolute atomic E-state index is 12.1. The molecule has 2 heterocycles. The van der Waals surface area contributed by atoms with Crippen LogP contribution in [0, 0.1) is 0 Å². The minimum absolute atomic E-state index is 0.168. The van der Waals surface area contributed by atoms with E-state index in [1.54, 1.807) is 13.1 Å². The smallest absolute Gasteiger partial charge is 0.317 e. The molecule has 0 bridgehead atoms. The van der Waals surface area contributed by atoms with Crippen molar-refractivity contribution >= 4 is 27.6 Å². The Labute approximate surface area is 136 Å². The van der Waals surface area contributed by atoms with Gasteiger partial charge in [-0.15, -0.1) is 11.3 Å². The maximum Gasteiger partial charge on any atom is 0.317 e. The number of thiophene rings is 1. The van der Waals surface area contributed by atoms with Crippen LogP contribution in [0.3, 0.4) is 0 Å². The Morgan fingerprint density at radius 3 is 2.87 bits per heavy atom. The highest BCUT2D eigenvalue weighted by Gasteiger charge is 2.12. The number of carbonyl (C=O) groups excluding carboxylic acids is 1. The van der Waals surface area contributed by atoms with Crippen molar-refractivity contribution in [2.45, 2.75) is 13.1 Å². The first-order valence-electron chi connectivity index (χ1n) is 7.13. The molecule has 0 aliphatic carbocycles. The lowest BCUT2D eigenvalue weighted by Crippen LogP contribution is -2.37. The molecule has 3 aromatic rings. The second-order valence-corrected chi connectivity index (χ2v) is 6.06. The molecule has 0 atom stereocenters.